The summed E-state index contributed by atoms with van der Waals surface area (Å²) in [5.74, 6) is -1.57. The highest BCUT2D eigenvalue weighted by Gasteiger charge is 2.43. The molecule has 0 aliphatic carbocycles. The molecule has 1 fully saturated rings. The summed E-state index contributed by atoms with van der Waals surface area (Å²) < 4.78 is 24.0. The summed E-state index contributed by atoms with van der Waals surface area (Å²) in [6, 6.07) is 0. The molecule has 0 spiro atoms. The first-order chi connectivity index (χ1) is 8.53. The van der Waals surface area contributed by atoms with Gasteiger partial charge in [0.2, 0.25) is 5.67 Å². The van der Waals surface area contributed by atoms with Gasteiger partial charge in [-0.3, -0.25) is 0 Å². The zero-order valence-electron chi connectivity index (χ0n) is 10.8. The highest BCUT2D eigenvalue weighted by Crippen LogP contribution is 2.25. The molecule has 104 valence electrons. The molecule has 6 heteroatoms. The van der Waals surface area contributed by atoms with E-state index < -0.39 is 23.7 Å². The normalized spacial score (nSPS) is 19.9. The molecule has 1 N–H and O–H groups in total. The predicted octanol–water partition coefficient (Wildman–Crippen LogP) is 0.963. The lowest BCUT2D eigenvalue weighted by molar-refractivity contribution is -0.177. The molecule has 0 amide bonds. The molecule has 1 rings (SSSR count). The van der Waals surface area contributed by atoms with Gasteiger partial charge in [-0.2, -0.15) is 0 Å². The van der Waals surface area contributed by atoms with Crippen LogP contribution in [0.15, 0.2) is 0 Å². The maximum atomic E-state index is 14.2. The number of piperidine rings is 1. The van der Waals surface area contributed by atoms with Crippen LogP contribution in [0.4, 0.5) is 4.39 Å². The standard InChI is InChI=1S/C12H20FNO4/c1-3-9(10(15)17-4-2)18-11(16)12(13)5-7-14-8-6-12/h9,14H,3-8H2,1-2H3. The Balaban J connectivity index is 2.58. The van der Waals surface area contributed by atoms with E-state index in [9.17, 15) is 14.0 Å². The molecule has 0 radical (unpaired) electrons. The molecule has 0 aromatic carbocycles. The highest BCUT2D eigenvalue weighted by atomic mass is 19.1. The molecule has 1 heterocycles. The lowest BCUT2D eigenvalue weighted by Gasteiger charge is -2.29. The van der Waals surface area contributed by atoms with Crippen LogP contribution in [0.5, 0.6) is 0 Å². The summed E-state index contributed by atoms with van der Waals surface area (Å²) in [6.45, 7) is 4.42. The van der Waals surface area contributed by atoms with Crippen molar-refractivity contribution in [2.45, 2.75) is 44.9 Å². The van der Waals surface area contributed by atoms with Gasteiger partial charge >= 0.3 is 11.9 Å². The number of nitrogens with one attached hydrogen (secondary N) is 1. The van der Waals surface area contributed by atoms with Crippen LogP contribution >= 0.6 is 0 Å². The van der Waals surface area contributed by atoms with Gasteiger partial charge in [-0.25, -0.2) is 14.0 Å². The van der Waals surface area contributed by atoms with Crippen molar-refractivity contribution in [1.29, 1.82) is 0 Å². The number of carbonyl (C=O) groups excluding carboxylic acids is 2. The van der Waals surface area contributed by atoms with Crippen molar-refractivity contribution in [2.24, 2.45) is 0 Å². The molecule has 18 heavy (non-hydrogen) atoms. The lowest BCUT2D eigenvalue weighted by atomic mass is 9.94. The van der Waals surface area contributed by atoms with Crippen molar-refractivity contribution < 1.29 is 23.5 Å². The van der Waals surface area contributed by atoms with E-state index in [1.165, 1.54) is 0 Å². The topological polar surface area (TPSA) is 64.6 Å². The number of rotatable bonds is 5. The van der Waals surface area contributed by atoms with E-state index in [4.69, 9.17) is 9.47 Å². The molecular formula is C12H20FNO4. The van der Waals surface area contributed by atoms with Crippen molar-refractivity contribution in [1.82, 2.24) is 5.32 Å². The zero-order valence-corrected chi connectivity index (χ0v) is 10.8. The fourth-order valence-corrected chi connectivity index (χ4v) is 1.80. The second-order valence-corrected chi connectivity index (χ2v) is 4.27. The molecule has 1 saturated heterocycles. The molecule has 1 aliphatic rings. The first-order valence-electron chi connectivity index (χ1n) is 6.31. The second kappa shape index (κ2) is 6.68. The SMILES string of the molecule is CCOC(=O)C(CC)OC(=O)C1(F)CCNCC1. The average molecular weight is 261 g/mol. The van der Waals surface area contributed by atoms with E-state index in [2.05, 4.69) is 5.32 Å². The summed E-state index contributed by atoms with van der Waals surface area (Å²) in [7, 11) is 0. The van der Waals surface area contributed by atoms with Gasteiger partial charge in [0.25, 0.3) is 0 Å². The predicted molar refractivity (Wildman–Crippen MR) is 62.7 cm³/mol. The molecular weight excluding hydrogens is 241 g/mol. The summed E-state index contributed by atoms with van der Waals surface area (Å²) in [6.07, 6.45) is -0.588. The van der Waals surface area contributed by atoms with Gasteiger partial charge in [0.1, 0.15) is 0 Å². The molecule has 5 nitrogen and oxygen atoms in total. The Labute approximate surface area is 106 Å². The lowest BCUT2D eigenvalue weighted by Crippen LogP contribution is -2.47. The maximum Gasteiger partial charge on any atom is 0.347 e. The van der Waals surface area contributed by atoms with Crippen molar-refractivity contribution >= 4 is 11.9 Å². The van der Waals surface area contributed by atoms with E-state index in [-0.39, 0.29) is 25.9 Å². The molecule has 1 unspecified atom stereocenters. The molecule has 0 aromatic heterocycles. The van der Waals surface area contributed by atoms with Crippen molar-refractivity contribution in [3.8, 4) is 0 Å². The van der Waals surface area contributed by atoms with Gasteiger partial charge in [0.05, 0.1) is 6.61 Å². The number of alkyl halides is 1. The van der Waals surface area contributed by atoms with Crippen LogP contribution in [-0.4, -0.2) is 43.4 Å². The van der Waals surface area contributed by atoms with Gasteiger partial charge in [-0.1, -0.05) is 6.92 Å². The number of hydrogen-bond donors (Lipinski definition) is 1. The number of ether oxygens (including phenoxy) is 2. The minimum absolute atomic E-state index is 0.0745. The Morgan fingerprint density at radius 1 is 1.33 bits per heavy atom. The van der Waals surface area contributed by atoms with Crippen LogP contribution in [0, 0.1) is 0 Å². The zero-order chi connectivity index (χ0) is 13.6. The van der Waals surface area contributed by atoms with Crippen LogP contribution in [-0.2, 0) is 19.1 Å². The van der Waals surface area contributed by atoms with Crippen molar-refractivity contribution in [3.05, 3.63) is 0 Å². The smallest absolute Gasteiger partial charge is 0.347 e. The van der Waals surface area contributed by atoms with E-state index in [0.717, 1.165) is 0 Å². The summed E-state index contributed by atoms with van der Waals surface area (Å²) in [5, 5.41) is 2.97. The quantitative estimate of drug-likeness (QED) is 0.747. The molecule has 0 bridgehead atoms. The third-order valence-electron chi connectivity index (χ3n) is 2.93. The maximum absolute atomic E-state index is 14.2. The highest BCUT2D eigenvalue weighted by molar-refractivity contribution is 5.84. The second-order valence-electron chi connectivity index (χ2n) is 4.27. The van der Waals surface area contributed by atoms with E-state index in [1.807, 2.05) is 0 Å². The minimum atomic E-state index is -1.98. The van der Waals surface area contributed by atoms with Crippen LogP contribution in [0.2, 0.25) is 0 Å². The average Bonchev–Trinajstić information content (AvgIpc) is 2.36. The molecule has 0 aromatic rings. The Kier molecular flexibility index (Phi) is 5.53. The van der Waals surface area contributed by atoms with Crippen LogP contribution in [0.25, 0.3) is 0 Å². The Morgan fingerprint density at radius 2 is 1.94 bits per heavy atom. The number of hydrogen-bond acceptors (Lipinski definition) is 5. The monoisotopic (exact) mass is 261 g/mol. The number of halogens is 1. The third kappa shape index (κ3) is 3.66. The summed E-state index contributed by atoms with van der Waals surface area (Å²) in [4.78, 5) is 23.2. The van der Waals surface area contributed by atoms with Gasteiger partial charge < -0.3 is 14.8 Å². The van der Waals surface area contributed by atoms with Gasteiger partial charge in [0, 0.05) is 12.8 Å². The third-order valence-corrected chi connectivity index (χ3v) is 2.93. The first-order valence-corrected chi connectivity index (χ1v) is 6.31. The number of esters is 2. The van der Waals surface area contributed by atoms with Gasteiger partial charge in [0.15, 0.2) is 6.10 Å². The van der Waals surface area contributed by atoms with Crippen LogP contribution in [0.3, 0.4) is 0 Å². The van der Waals surface area contributed by atoms with E-state index >= 15 is 0 Å². The largest absolute Gasteiger partial charge is 0.463 e. The fourth-order valence-electron chi connectivity index (χ4n) is 1.80. The fraction of sp³-hybridized carbons (Fsp3) is 0.833. The Hall–Kier alpha value is -1.17. The Bertz CT molecular complexity index is 302. The minimum Gasteiger partial charge on any atom is -0.463 e. The van der Waals surface area contributed by atoms with Crippen molar-refractivity contribution in [2.75, 3.05) is 19.7 Å². The van der Waals surface area contributed by atoms with E-state index in [0.29, 0.717) is 13.1 Å². The van der Waals surface area contributed by atoms with Gasteiger partial charge in [-0.15, -0.1) is 0 Å². The summed E-state index contributed by atoms with van der Waals surface area (Å²) in [5.41, 5.74) is -1.98. The first kappa shape index (κ1) is 14.9. The molecule has 1 aliphatic heterocycles. The van der Waals surface area contributed by atoms with Crippen molar-refractivity contribution in [3.63, 3.8) is 0 Å². The van der Waals surface area contributed by atoms with Crippen LogP contribution in [0.1, 0.15) is 33.1 Å². The summed E-state index contributed by atoms with van der Waals surface area (Å²) >= 11 is 0. The van der Waals surface area contributed by atoms with Crippen LogP contribution < -0.4 is 5.32 Å². The van der Waals surface area contributed by atoms with E-state index in [1.54, 1.807) is 13.8 Å². The molecule has 1 atom stereocenters. The Morgan fingerprint density at radius 3 is 2.44 bits per heavy atom. The number of carbonyl (C=O) groups is 2. The van der Waals surface area contributed by atoms with Gasteiger partial charge in [-0.05, 0) is 26.4 Å². The molecule has 0 saturated carbocycles.